The van der Waals surface area contributed by atoms with E-state index in [-0.39, 0.29) is 11.9 Å². The number of nitrogens with zero attached hydrogens (tertiary/aromatic N) is 2. The Bertz CT molecular complexity index is 425. The topological polar surface area (TPSA) is 66.9 Å². The summed E-state index contributed by atoms with van der Waals surface area (Å²) >= 11 is 3.35. The minimum atomic E-state index is 0.0608. The highest BCUT2D eigenvalue weighted by Gasteiger charge is 2.06. The van der Waals surface area contributed by atoms with Crippen LogP contribution in [0.25, 0.3) is 0 Å². The van der Waals surface area contributed by atoms with Gasteiger partial charge in [-0.25, -0.2) is 9.97 Å². The molecule has 0 spiro atoms. The molecule has 0 radical (unpaired) electrons. The van der Waals surface area contributed by atoms with Crippen molar-refractivity contribution in [3.05, 3.63) is 16.5 Å². The van der Waals surface area contributed by atoms with Crippen molar-refractivity contribution in [2.75, 3.05) is 11.9 Å². The molecule has 1 aromatic heterocycles. The van der Waals surface area contributed by atoms with Gasteiger partial charge >= 0.3 is 0 Å². The van der Waals surface area contributed by atoms with E-state index in [1.165, 1.54) is 0 Å². The van der Waals surface area contributed by atoms with Gasteiger partial charge in [0.05, 0.1) is 0 Å². The maximum absolute atomic E-state index is 11.6. The number of halogens is 1. The van der Waals surface area contributed by atoms with Crippen LogP contribution < -0.4 is 10.6 Å². The lowest BCUT2D eigenvalue weighted by atomic mass is 10.2. The molecule has 19 heavy (non-hydrogen) atoms. The fourth-order valence-electron chi connectivity index (χ4n) is 1.47. The maximum Gasteiger partial charge on any atom is 0.221 e. The van der Waals surface area contributed by atoms with Crippen molar-refractivity contribution < 1.29 is 4.79 Å². The number of anilines is 1. The molecule has 2 N–H and O–H groups in total. The molecule has 1 aromatic rings. The zero-order valence-corrected chi connectivity index (χ0v) is 13.2. The third-order valence-corrected chi connectivity index (χ3v) is 3.14. The Morgan fingerprint density at radius 3 is 2.79 bits per heavy atom. The van der Waals surface area contributed by atoms with Gasteiger partial charge in [0.1, 0.15) is 16.2 Å². The van der Waals surface area contributed by atoms with Gasteiger partial charge in [-0.05, 0) is 29.3 Å². The quantitative estimate of drug-likeness (QED) is 0.755. The van der Waals surface area contributed by atoms with Crippen LogP contribution >= 0.6 is 15.9 Å². The smallest absolute Gasteiger partial charge is 0.221 e. The Balaban J connectivity index is 2.40. The van der Waals surface area contributed by atoms with E-state index in [1.807, 2.05) is 26.8 Å². The van der Waals surface area contributed by atoms with Crippen LogP contribution in [0.2, 0.25) is 0 Å². The first-order valence-corrected chi connectivity index (χ1v) is 7.41. The molecule has 5 nitrogen and oxygen atoms in total. The molecule has 106 valence electrons. The van der Waals surface area contributed by atoms with E-state index in [0.29, 0.717) is 13.0 Å². The molecule has 0 bridgehead atoms. The molecular formula is C13H21BrN4O. The lowest BCUT2D eigenvalue weighted by Gasteiger charge is -2.12. The van der Waals surface area contributed by atoms with Gasteiger partial charge in [-0.3, -0.25) is 4.79 Å². The summed E-state index contributed by atoms with van der Waals surface area (Å²) in [5, 5.41) is 6.07. The van der Waals surface area contributed by atoms with Gasteiger partial charge in [0, 0.05) is 31.5 Å². The molecule has 0 saturated carbocycles. The highest BCUT2D eigenvalue weighted by molar-refractivity contribution is 9.10. The first-order valence-electron chi connectivity index (χ1n) is 6.61. The number of hydrogen-bond donors (Lipinski definition) is 2. The molecule has 0 aliphatic heterocycles. The van der Waals surface area contributed by atoms with Gasteiger partial charge in [0.15, 0.2) is 0 Å². The van der Waals surface area contributed by atoms with Crippen molar-refractivity contribution >= 4 is 27.7 Å². The van der Waals surface area contributed by atoms with Crippen LogP contribution in [0.1, 0.15) is 39.4 Å². The minimum Gasteiger partial charge on any atom is -0.369 e. The van der Waals surface area contributed by atoms with E-state index >= 15 is 0 Å². The summed E-state index contributed by atoms with van der Waals surface area (Å²) < 4.78 is 0.755. The summed E-state index contributed by atoms with van der Waals surface area (Å²) in [4.78, 5) is 20.2. The normalized spacial score (nSPS) is 12.0. The summed E-state index contributed by atoms with van der Waals surface area (Å²) in [7, 11) is 0. The van der Waals surface area contributed by atoms with Gasteiger partial charge in [0.25, 0.3) is 0 Å². The first kappa shape index (κ1) is 15.9. The van der Waals surface area contributed by atoms with E-state index in [0.717, 1.165) is 29.1 Å². The van der Waals surface area contributed by atoms with Gasteiger partial charge in [-0.1, -0.05) is 13.8 Å². The number of hydrogen-bond acceptors (Lipinski definition) is 4. The predicted octanol–water partition coefficient (Wildman–Crippen LogP) is 2.52. The summed E-state index contributed by atoms with van der Waals surface area (Å²) in [5.41, 5.74) is 0. The minimum absolute atomic E-state index is 0.0608. The molecule has 1 atom stereocenters. The van der Waals surface area contributed by atoms with Gasteiger partial charge < -0.3 is 10.6 Å². The zero-order valence-electron chi connectivity index (χ0n) is 11.7. The number of amides is 1. The summed E-state index contributed by atoms with van der Waals surface area (Å²) in [6.07, 6.45) is 2.16. The number of nitrogens with one attached hydrogen (secondary N) is 2. The van der Waals surface area contributed by atoms with E-state index in [1.54, 1.807) is 0 Å². The molecule has 0 saturated heterocycles. The van der Waals surface area contributed by atoms with Crippen LogP contribution in [-0.4, -0.2) is 28.5 Å². The second-order valence-corrected chi connectivity index (χ2v) is 5.21. The average Bonchev–Trinajstić information content (AvgIpc) is 2.37. The second-order valence-electron chi connectivity index (χ2n) is 4.40. The van der Waals surface area contributed by atoms with Crippen molar-refractivity contribution in [1.82, 2.24) is 15.3 Å². The average molecular weight is 329 g/mol. The Morgan fingerprint density at radius 2 is 2.16 bits per heavy atom. The van der Waals surface area contributed by atoms with Gasteiger partial charge in [-0.2, -0.15) is 0 Å². The van der Waals surface area contributed by atoms with Crippen molar-refractivity contribution in [2.45, 2.75) is 46.1 Å². The van der Waals surface area contributed by atoms with Crippen LogP contribution in [0.4, 0.5) is 5.82 Å². The zero-order chi connectivity index (χ0) is 14.3. The third-order valence-electron chi connectivity index (χ3n) is 2.74. The lowest BCUT2D eigenvalue weighted by molar-refractivity contribution is -0.121. The first-order chi connectivity index (χ1) is 9.05. The summed E-state index contributed by atoms with van der Waals surface area (Å²) in [6.45, 7) is 6.62. The lowest BCUT2D eigenvalue weighted by Crippen LogP contribution is -2.33. The second kappa shape index (κ2) is 8.09. The Kier molecular flexibility index (Phi) is 6.77. The molecule has 0 aromatic carbocycles. The van der Waals surface area contributed by atoms with Crippen LogP contribution in [0, 0.1) is 0 Å². The molecule has 1 unspecified atom stereocenters. The van der Waals surface area contributed by atoms with Crippen molar-refractivity contribution in [1.29, 1.82) is 0 Å². The van der Waals surface area contributed by atoms with E-state index in [4.69, 9.17) is 0 Å². The van der Waals surface area contributed by atoms with Crippen LogP contribution in [-0.2, 0) is 11.2 Å². The highest BCUT2D eigenvalue weighted by Crippen LogP contribution is 2.12. The molecule has 0 aliphatic rings. The van der Waals surface area contributed by atoms with Crippen LogP contribution in [0.3, 0.4) is 0 Å². The van der Waals surface area contributed by atoms with Crippen molar-refractivity contribution in [2.24, 2.45) is 0 Å². The molecule has 1 heterocycles. The molecule has 1 amide bonds. The SMILES string of the molecule is CCc1nc(Br)cc(NCCC(=O)NC(C)CC)n1. The number of aryl methyl sites for hydroxylation is 1. The Morgan fingerprint density at radius 1 is 1.42 bits per heavy atom. The number of carbonyl (C=O) groups excluding carboxylic acids is 1. The molecule has 1 rings (SSSR count). The summed E-state index contributed by atoms with van der Waals surface area (Å²) in [5.74, 6) is 1.58. The fraction of sp³-hybridized carbons (Fsp3) is 0.615. The van der Waals surface area contributed by atoms with Gasteiger partial charge in [0.2, 0.25) is 5.91 Å². The number of rotatable bonds is 7. The van der Waals surface area contributed by atoms with Gasteiger partial charge in [-0.15, -0.1) is 0 Å². The largest absolute Gasteiger partial charge is 0.369 e. The standard InChI is InChI=1S/C13H21BrN4O/c1-4-9(3)16-13(19)6-7-15-12-8-10(14)17-11(5-2)18-12/h8-9H,4-7H2,1-3H3,(H,16,19)(H,15,17,18). The molecule has 6 heteroatoms. The van der Waals surface area contributed by atoms with E-state index < -0.39 is 0 Å². The Labute approximate surface area is 122 Å². The van der Waals surface area contributed by atoms with Crippen molar-refractivity contribution in [3.63, 3.8) is 0 Å². The summed E-state index contributed by atoms with van der Waals surface area (Å²) in [6, 6.07) is 2.04. The van der Waals surface area contributed by atoms with Crippen molar-refractivity contribution in [3.8, 4) is 0 Å². The molecular weight excluding hydrogens is 308 g/mol. The monoisotopic (exact) mass is 328 g/mol. The third kappa shape index (κ3) is 6.00. The number of aromatic nitrogens is 2. The maximum atomic E-state index is 11.6. The fourth-order valence-corrected chi connectivity index (χ4v) is 1.89. The molecule has 0 fully saturated rings. The van der Waals surface area contributed by atoms with E-state index in [2.05, 4.69) is 36.5 Å². The highest BCUT2D eigenvalue weighted by atomic mass is 79.9. The van der Waals surface area contributed by atoms with E-state index in [9.17, 15) is 4.79 Å². The van der Waals surface area contributed by atoms with Crippen LogP contribution in [0.5, 0.6) is 0 Å². The van der Waals surface area contributed by atoms with Crippen LogP contribution in [0.15, 0.2) is 10.7 Å². The predicted molar refractivity (Wildman–Crippen MR) is 80.1 cm³/mol. The molecule has 0 aliphatic carbocycles. The number of carbonyl (C=O) groups is 1. The Hall–Kier alpha value is -1.17.